The van der Waals surface area contributed by atoms with E-state index < -0.39 is 0 Å². The highest BCUT2D eigenvalue weighted by Crippen LogP contribution is 2.09. The molecule has 0 spiro atoms. The number of aromatic nitrogens is 2. The Kier molecular flexibility index (Phi) is 4.64. The van der Waals surface area contributed by atoms with E-state index in [9.17, 15) is 4.79 Å². The smallest absolute Gasteiger partial charge is 0.274 e. The molecule has 0 saturated carbocycles. The van der Waals surface area contributed by atoms with Crippen molar-refractivity contribution >= 4 is 11.7 Å². The number of rotatable bonds is 4. The number of amides is 1. The summed E-state index contributed by atoms with van der Waals surface area (Å²) in [5, 5.41) is 12.1. The van der Waals surface area contributed by atoms with Crippen molar-refractivity contribution in [2.24, 2.45) is 0 Å². The van der Waals surface area contributed by atoms with Gasteiger partial charge in [0.05, 0.1) is 31.7 Å². The Morgan fingerprint density at radius 1 is 1.58 bits per heavy atom. The van der Waals surface area contributed by atoms with Crippen LogP contribution in [0.15, 0.2) is 12.4 Å². The lowest BCUT2D eigenvalue weighted by molar-refractivity contribution is -0.0448. The van der Waals surface area contributed by atoms with Gasteiger partial charge in [-0.2, -0.15) is 0 Å². The first-order valence-electron chi connectivity index (χ1n) is 6.32. The van der Waals surface area contributed by atoms with Gasteiger partial charge in [-0.3, -0.25) is 4.79 Å². The van der Waals surface area contributed by atoms with Gasteiger partial charge in [-0.05, 0) is 6.92 Å². The van der Waals surface area contributed by atoms with E-state index in [4.69, 9.17) is 9.84 Å². The largest absolute Gasteiger partial charge is 0.394 e. The normalized spacial score (nSPS) is 19.3. The number of carbonyl (C=O) groups is 1. The van der Waals surface area contributed by atoms with Crippen LogP contribution in [-0.4, -0.2) is 64.8 Å². The molecule has 1 aliphatic heterocycles. The van der Waals surface area contributed by atoms with E-state index >= 15 is 0 Å². The van der Waals surface area contributed by atoms with E-state index in [0.29, 0.717) is 31.2 Å². The predicted molar refractivity (Wildman–Crippen MR) is 68.9 cm³/mol. The molecule has 1 aromatic rings. The maximum Gasteiger partial charge on any atom is 0.274 e. The third-order valence-electron chi connectivity index (χ3n) is 2.86. The third kappa shape index (κ3) is 3.39. The van der Waals surface area contributed by atoms with E-state index in [1.165, 1.54) is 6.20 Å². The van der Waals surface area contributed by atoms with Crippen molar-refractivity contribution in [1.29, 1.82) is 0 Å². The van der Waals surface area contributed by atoms with E-state index in [1.807, 2.05) is 6.92 Å². The van der Waals surface area contributed by atoms with Crippen LogP contribution in [0.1, 0.15) is 17.4 Å². The van der Waals surface area contributed by atoms with Crippen LogP contribution in [0.4, 0.5) is 5.82 Å². The molecule has 0 aromatic carbocycles. The van der Waals surface area contributed by atoms with E-state index in [0.717, 1.165) is 6.54 Å². The lowest BCUT2D eigenvalue weighted by Crippen LogP contribution is -2.47. The molecule has 19 heavy (non-hydrogen) atoms. The average Bonchev–Trinajstić information content (AvgIpc) is 2.48. The lowest BCUT2D eigenvalue weighted by Gasteiger charge is -2.31. The van der Waals surface area contributed by atoms with Gasteiger partial charge < -0.3 is 20.1 Å². The van der Waals surface area contributed by atoms with E-state index in [-0.39, 0.29) is 18.6 Å². The molecule has 2 rings (SSSR count). The van der Waals surface area contributed by atoms with Crippen molar-refractivity contribution in [3.05, 3.63) is 18.1 Å². The van der Waals surface area contributed by atoms with Crippen molar-refractivity contribution in [3.63, 3.8) is 0 Å². The Hall–Kier alpha value is -1.73. The summed E-state index contributed by atoms with van der Waals surface area (Å²) >= 11 is 0. The standard InChI is InChI=1S/C12H18N4O3/c1-2-13-11-6-14-10(5-15-11)12(18)16-3-4-19-9(7-16)8-17/h5-6,9,17H,2-4,7-8H2,1H3,(H,13,15). The number of nitrogens with zero attached hydrogens (tertiary/aromatic N) is 3. The molecule has 1 atom stereocenters. The number of anilines is 1. The van der Waals surface area contributed by atoms with Gasteiger partial charge in [0.15, 0.2) is 0 Å². The highest BCUT2D eigenvalue weighted by Gasteiger charge is 2.25. The van der Waals surface area contributed by atoms with Crippen LogP contribution in [-0.2, 0) is 4.74 Å². The lowest BCUT2D eigenvalue weighted by atomic mass is 10.2. The van der Waals surface area contributed by atoms with Crippen LogP contribution in [0.5, 0.6) is 0 Å². The quantitative estimate of drug-likeness (QED) is 0.781. The van der Waals surface area contributed by atoms with Gasteiger partial charge in [-0.25, -0.2) is 9.97 Å². The first-order valence-corrected chi connectivity index (χ1v) is 6.32. The van der Waals surface area contributed by atoms with Gasteiger partial charge >= 0.3 is 0 Å². The van der Waals surface area contributed by atoms with Crippen molar-refractivity contribution in [2.45, 2.75) is 13.0 Å². The molecule has 7 heteroatoms. The Bertz CT molecular complexity index is 423. The van der Waals surface area contributed by atoms with Crippen LogP contribution in [0.25, 0.3) is 0 Å². The molecule has 1 aromatic heterocycles. The molecule has 7 nitrogen and oxygen atoms in total. The maximum absolute atomic E-state index is 12.2. The van der Waals surface area contributed by atoms with Gasteiger partial charge in [-0.1, -0.05) is 0 Å². The molecule has 1 amide bonds. The molecule has 1 saturated heterocycles. The van der Waals surface area contributed by atoms with Crippen LogP contribution >= 0.6 is 0 Å². The summed E-state index contributed by atoms with van der Waals surface area (Å²) in [6.45, 7) is 3.94. The summed E-state index contributed by atoms with van der Waals surface area (Å²) in [5.41, 5.74) is 0.306. The molecule has 104 valence electrons. The SMILES string of the molecule is CCNc1cnc(C(=O)N2CCOC(CO)C2)cn1. The molecule has 0 radical (unpaired) electrons. The minimum absolute atomic E-state index is 0.0885. The summed E-state index contributed by atoms with van der Waals surface area (Å²) in [6, 6.07) is 0. The van der Waals surface area contributed by atoms with Crippen LogP contribution < -0.4 is 5.32 Å². The van der Waals surface area contributed by atoms with Gasteiger partial charge in [0, 0.05) is 19.6 Å². The number of aliphatic hydroxyl groups excluding tert-OH is 1. The van der Waals surface area contributed by atoms with Crippen molar-refractivity contribution in [2.75, 3.05) is 38.2 Å². The molecule has 1 aliphatic rings. The molecular weight excluding hydrogens is 248 g/mol. The van der Waals surface area contributed by atoms with Gasteiger partial charge in [0.1, 0.15) is 11.5 Å². The Morgan fingerprint density at radius 3 is 3.05 bits per heavy atom. The number of aliphatic hydroxyl groups is 1. The van der Waals surface area contributed by atoms with Gasteiger partial charge in [-0.15, -0.1) is 0 Å². The second-order valence-electron chi connectivity index (χ2n) is 4.24. The van der Waals surface area contributed by atoms with Gasteiger partial charge in [0.25, 0.3) is 5.91 Å². The maximum atomic E-state index is 12.2. The minimum Gasteiger partial charge on any atom is -0.394 e. The zero-order chi connectivity index (χ0) is 13.7. The second kappa shape index (κ2) is 6.44. The highest BCUT2D eigenvalue weighted by atomic mass is 16.5. The second-order valence-corrected chi connectivity index (χ2v) is 4.24. The zero-order valence-corrected chi connectivity index (χ0v) is 10.9. The van der Waals surface area contributed by atoms with Crippen molar-refractivity contribution < 1.29 is 14.6 Å². The molecule has 2 N–H and O–H groups in total. The molecule has 2 heterocycles. The Labute approximate surface area is 111 Å². The fourth-order valence-corrected chi connectivity index (χ4v) is 1.89. The fourth-order valence-electron chi connectivity index (χ4n) is 1.89. The average molecular weight is 266 g/mol. The Morgan fingerprint density at radius 2 is 2.42 bits per heavy atom. The fraction of sp³-hybridized carbons (Fsp3) is 0.583. The summed E-state index contributed by atoms with van der Waals surface area (Å²) in [6.07, 6.45) is 2.69. The van der Waals surface area contributed by atoms with E-state index in [1.54, 1.807) is 11.1 Å². The monoisotopic (exact) mass is 266 g/mol. The molecule has 0 aliphatic carbocycles. The molecule has 1 unspecified atom stereocenters. The van der Waals surface area contributed by atoms with Crippen molar-refractivity contribution in [1.82, 2.24) is 14.9 Å². The topological polar surface area (TPSA) is 87.6 Å². The summed E-state index contributed by atoms with van der Waals surface area (Å²) in [5.74, 6) is 0.464. The number of hydrogen-bond acceptors (Lipinski definition) is 6. The number of carbonyl (C=O) groups excluding carboxylic acids is 1. The Balaban J connectivity index is 2.02. The number of hydrogen-bond donors (Lipinski definition) is 2. The minimum atomic E-state index is -0.313. The summed E-state index contributed by atoms with van der Waals surface area (Å²) < 4.78 is 5.30. The summed E-state index contributed by atoms with van der Waals surface area (Å²) in [7, 11) is 0. The number of ether oxygens (including phenoxy) is 1. The molecular formula is C12H18N4O3. The van der Waals surface area contributed by atoms with Crippen LogP contribution in [0.2, 0.25) is 0 Å². The molecule has 1 fully saturated rings. The van der Waals surface area contributed by atoms with E-state index in [2.05, 4.69) is 15.3 Å². The number of nitrogens with one attached hydrogen (secondary N) is 1. The first-order chi connectivity index (χ1) is 9.24. The van der Waals surface area contributed by atoms with Crippen LogP contribution in [0.3, 0.4) is 0 Å². The third-order valence-corrected chi connectivity index (χ3v) is 2.86. The zero-order valence-electron chi connectivity index (χ0n) is 10.9. The van der Waals surface area contributed by atoms with Crippen molar-refractivity contribution in [3.8, 4) is 0 Å². The highest BCUT2D eigenvalue weighted by molar-refractivity contribution is 5.92. The van der Waals surface area contributed by atoms with Crippen LogP contribution in [0, 0.1) is 0 Å². The first kappa shape index (κ1) is 13.7. The van der Waals surface area contributed by atoms with Gasteiger partial charge in [0.2, 0.25) is 0 Å². The predicted octanol–water partition coefficient (Wildman–Crippen LogP) is -0.258. The molecule has 0 bridgehead atoms. The number of morpholine rings is 1. The summed E-state index contributed by atoms with van der Waals surface area (Å²) in [4.78, 5) is 22.0.